The third-order valence-electron chi connectivity index (χ3n) is 4.49. The monoisotopic (exact) mass is 350 g/mol. The van der Waals surface area contributed by atoms with Crippen LogP contribution in [0.4, 0.5) is 0 Å². The molecule has 134 valence electrons. The SMILES string of the molecule is Cc1ccccc1C(=O)CNC(=O)c1cccc(C(=O)NCC2CC2)c1. The third-order valence-corrected chi connectivity index (χ3v) is 4.49. The molecular weight excluding hydrogens is 328 g/mol. The highest BCUT2D eigenvalue weighted by Gasteiger charge is 2.22. The van der Waals surface area contributed by atoms with Gasteiger partial charge in [-0.2, -0.15) is 0 Å². The molecule has 26 heavy (non-hydrogen) atoms. The largest absolute Gasteiger partial charge is 0.352 e. The molecule has 2 N–H and O–H groups in total. The minimum atomic E-state index is -0.372. The maximum Gasteiger partial charge on any atom is 0.251 e. The minimum absolute atomic E-state index is 0.0816. The van der Waals surface area contributed by atoms with Crippen molar-refractivity contribution in [3.8, 4) is 0 Å². The number of hydrogen-bond donors (Lipinski definition) is 2. The van der Waals surface area contributed by atoms with Gasteiger partial charge in [0.05, 0.1) is 6.54 Å². The Labute approximate surface area is 152 Å². The number of benzene rings is 2. The van der Waals surface area contributed by atoms with Crippen molar-refractivity contribution in [2.45, 2.75) is 19.8 Å². The molecule has 2 aromatic carbocycles. The predicted octanol–water partition coefficient (Wildman–Crippen LogP) is 2.75. The third kappa shape index (κ3) is 4.57. The normalized spacial score (nSPS) is 13.1. The van der Waals surface area contributed by atoms with Gasteiger partial charge in [0, 0.05) is 23.2 Å². The highest BCUT2D eigenvalue weighted by atomic mass is 16.2. The summed E-state index contributed by atoms with van der Waals surface area (Å²) in [5, 5.41) is 5.51. The van der Waals surface area contributed by atoms with Crippen LogP contribution in [0.2, 0.25) is 0 Å². The van der Waals surface area contributed by atoms with Crippen LogP contribution < -0.4 is 10.6 Å². The van der Waals surface area contributed by atoms with Gasteiger partial charge in [0.2, 0.25) is 0 Å². The van der Waals surface area contributed by atoms with Crippen LogP contribution in [0.15, 0.2) is 48.5 Å². The van der Waals surface area contributed by atoms with E-state index >= 15 is 0 Å². The summed E-state index contributed by atoms with van der Waals surface area (Å²) < 4.78 is 0. The number of carbonyl (C=O) groups is 3. The molecule has 5 heteroatoms. The number of hydrogen-bond acceptors (Lipinski definition) is 3. The van der Waals surface area contributed by atoms with E-state index in [0.29, 0.717) is 29.2 Å². The van der Waals surface area contributed by atoms with Crippen molar-refractivity contribution in [1.29, 1.82) is 0 Å². The Morgan fingerprint density at radius 3 is 2.23 bits per heavy atom. The maximum absolute atomic E-state index is 12.3. The summed E-state index contributed by atoms with van der Waals surface area (Å²) >= 11 is 0. The van der Waals surface area contributed by atoms with E-state index in [0.717, 1.165) is 18.4 Å². The summed E-state index contributed by atoms with van der Waals surface area (Å²) in [5.41, 5.74) is 2.28. The van der Waals surface area contributed by atoms with Gasteiger partial charge in [-0.05, 0) is 49.4 Å². The standard InChI is InChI=1S/C21H22N2O3/c1-14-5-2-3-8-18(14)19(24)13-23-21(26)17-7-4-6-16(11-17)20(25)22-12-15-9-10-15/h2-8,11,15H,9-10,12-13H2,1H3,(H,22,25)(H,23,26). The molecule has 1 aliphatic rings. The Morgan fingerprint density at radius 2 is 1.58 bits per heavy atom. The van der Waals surface area contributed by atoms with E-state index in [1.165, 1.54) is 0 Å². The topological polar surface area (TPSA) is 75.3 Å². The van der Waals surface area contributed by atoms with Gasteiger partial charge in [-0.25, -0.2) is 0 Å². The fraction of sp³-hybridized carbons (Fsp3) is 0.286. The Morgan fingerprint density at radius 1 is 0.923 bits per heavy atom. The lowest BCUT2D eigenvalue weighted by molar-refractivity contribution is 0.0903. The Hall–Kier alpha value is -2.95. The molecule has 0 unspecified atom stereocenters. The molecule has 1 saturated carbocycles. The average Bonchev–Trinajstić information content (AvgIpc) is 3.49. The van der Waals surface area contributed by atoms with Crippen LogP contribution in [0.5, 0.6) is 0 Å². The fourth-order valence-corrected chi connectivity index (χ4v) is 2.71. The second-order valence-corrected chi connectivity index (χ2v) is 6.65. The zero-order chi connectivity index (χ0) is 18.5. The number of ketones is 1. The van der Waals surface area contributed by atoms with E-state index < -0.39 is 0 Å². The molecule has 0 atom stereocenters. The number of amides is 2. The first-order valence-electron chi connectivity index (χ1n) is 8.80. The molecule has 2 aromatic rings. The number of carbonyl (C=O) groups excluding carboxylic acids is 3. The lowest BCUT2D eigenvalue weighted by Crippen LogP contribution is -2.30. The van der Waals surface area contributed by atoms with Crippen LogP contribution in [0.1, 0.15) is 49.5 Å². The van der Waals surface area contributed by atoms with Crippen LogP contribution >= 0.6 is 0 Å². The molecule has 0 aromatic heterocycles. The van der Waals surface area contributed by atoms with E-state index in [1.54, 1.807) is 36.4 Å². The van der Waals surface area contributed by atoms with E-state index in [9.17, 15) is 14.4 Å². The van der Waals surface area contributed by atoms with Crippen molar-refractivity contribution in [3.63, 3.8) is 0 Å². The van der Waals surface area contributed by atoms with Crippen molar-refractivity contribution in [3.05, 3.63) is 70.8 Å². The smallest absolute Gasteiger partial charge is 0.251 e. The van der Waals surface area contributed by atoms with Crippen LogP contribution in [0.25, 0.3) is 0 Å². The summed E-state index contributed by atoms with van der Waals surface area (Å²) in [5.74, 6) is -0.0982. The van der Waals surface area contributed by atoms with E-state index in [2.05, 4.69) is 10.6 Å². The minimum Gasteiger partial charge on any atom is -0.352 e. The molecule has 5 nitrogen and oxygen atoms in total. The number of rotatable bonds is 7. The van der Waals surface area contributed by atoms with Gasteiger partial charge in [0.1, 0.15) is 0 Å². The molecule has 0 saturated heterocycles. The molecule has 0 aliphatic heterocycles. The van der Waals surface area contributed by atoms with Gasteiger partial charge >= 0.3 is 0 Å². The highest BCUT2D eigenvalue weighted by molar-refractivity contribution is 6.04. The number of nitrogens with one attached hydrogen (secondary N) is 2. The maximum atomic E-state index is 12.3. The van der Waals surface area contributed by atoms with Gasteiger partial charge in [-0.1, -0.05) is 30.3 Å². The van der Waals surface area contributed by atoms with Crippen molar-refractivity contribution in [1.82, 2.24) is 10.6 Å². The molecule has 3 rings (SSSR count). The summed E-state index contributed by atoms with van der Waals surface area (Å²) in [6, 6.07) is 13.8. The zero-order valence-corrected chi connectivity index (χ0v) is 14.7. The van der Waals surface area contributed by atoms with Crippen molar-refractivity contribution >= 4 is 17.6 Å². The lowest BCUT2D eigenvalue weighted by Gasteiger charge is -2.08. The van der Waals surface area contributed by atoms with Crippen molar-refractivity contribution in [2.75, 3.05) is 13.1 Å². The van der Waals surface area contributed by atoms with Gasteiger partial charge < -0.3 is 10.6 Å². The second kappa shape index (κ2) is 7.95. The van der Waals surface area contributed by atoms with Gasteiger partial charge in [-0.3, -0.25) is 14.4 Å². The molecule has 0 bridgehead atoms. The van der Waals surface area contributed by atoms with Crippen LogP contribution in [-0.4, -0.2) is 30.7 Å². The van der Waals surface area contributed by atoms with E-state index in [4.69, 9.17) is 0 Å². The molecular formula is C21H22N2O3. The van der Waals surface area contributed by atoms with Crippen LogP contribution in [0, 0.1) is 12.8 Å². The van der Waals surface area contributed by atoms with Gasteiger partial charge in [-0.15, -0.1) is 0 Å². The quantitative estimate of drug-likeness (QED) is 0.754. The fourth-order valence-electron chi connectivity index (χ4n) is 2.71. The molecule has 0 heterocycles. The van der Waals surface area contributed by atoms with Gasteiger partial charge in [0.15, 0.2) is 5.78 Å². The average molecular weight is 350 g/mol. The van der Waals surface area contributed by atoms with Gasteiger partial charge in [0.25, 0.3) is 11.8 Å². The highest BCUT2D eigenvalue weighted by Crippen LogP contribution is 2.27. The van der Waals surface area contributed by atoms with E-state index in [1.807, 2.05) is 19.1 Å². The summed E-state index contributed by atoms with van der Waals surface area (Å²) in [4.78, 5) is 36.7. The lowest BCUT2D eigenvalue weighted by atomic mass is 10.0. The first-order valence-corrected chi connectivity index (χ1v) is 8.80. The summed E-state index contributed by atoms with van der Waals surface area (Å²) in [6.45, 7) is 2.46. The zero-order valence-electron chi connectivity index (χ0n) is 14.7. The number of Topliss-reactive ketones (excluding diaryl/α,β-unsaturated/α-hetero) is 1. The molecule has 2 amide bonds. The molecule has 1 fully saturated rings. The first-order chi connectivity index (χ1) is 12.5. The first kappa shape index (κ1) is 17.9. The predicted molar refractivity (Wildman–Crippen MR) is 99.3 cm³/mol. The molecule has 0 spiro atoms. The number of aryl methyl sites for hydroxylation is 1. The van der Waals surface area contributed by atoms with E-state index in [-0.39, 0.29) is 24.1 Å². The van der Waals surface area contributed by atoms with Crippen molar-refractivity contribution < 1.29 is 14.4 Å². The summed E-state index contributed by atoms with van der Waals surface area (Å²) in [7, 11) is 0. The summed E-state index contributed by atoms with van der Waals surface area (Å²) in [6.07, 6.45) is 2.33. The second-order valence-electron chi connectivity index (χ2n) is 6.65. The van der Waals surface area contributed by atoms with Crippen molar-refractivity contribution in [2.24, 2.45) is 5.92 Å². The molecule has 1 aliphatic carbocycles. The Balaban J connectivity index is 1.59. The molecule has 0 radical (unpaired) electrons. The Bertz CT molecular complexity index is 841. The Kier molecular flexibility index (Phi) is 5.46. The van der Waals surface area contributed by atoms with Crippen LogP contribution in [0.3, 0.4) is 0 Å². The van der Waals surface area contributed by atoms with Crippen LogP contribution in [-0.2, 0) is 0 Å².